The lowest BCUT2D eigenvalue weighted by molar-refractivity contribution is -0.122. The van der Waals surface area contributed by atoms with Gasteiger partial charge in [-0.2, -0.15) is 0 Å². The van der Waals surface area contributed by atoms with Gasteiger partial charge in [0.1, 0.15) is 5.82 Å². The summed E-state index contributed by atoms with van der Waals surface area (Å²) in [6.07, 6.45) is 6.39. The Labute approximate surface area is 123 Å². The maximum Gasteiger partial charge on any atom is 0.220 e. The molecular weight excluding hydrogens is 273 g/mol. The van der Waals surface area contributed by atoms with Crippen molar-refractivity contribution in [2.45, 2.75) is 49.5 Å². The SMILES string of the molecule is O=C(CC1CCCC1)NC1CCSc2ccc(F)cc21. The highest BCUT2D eigenvalue weighted by molar-refractivity contribution is 7.99. The van der Waals surface area contributed by atoms with Crippen LogP contribution in [0.5, 0.6) is 0 Å². The number of amides is 1. The zero-order valence-electron chi connectivity index (χ0n) is 11.5. The van der Waals surface area contributed by atoms with E-state index in [-0.39, 0.29) is 17.8 Å². The molecule has 20 heavy (non-hydrogen) atoms. The van der Waals surface area contributed by atoms with Crippen molar-refractivity contribution in [2.75, 3.05) is 5.75 Å². The standard InChI is InChI=1S/C16H20FNOS/c17-12-5-6-15-13(10-12)14(7-8-20-15)18-16(19)9-11-3-1-2-4-11/h5-6,10-11,14H,1-4,7-9H2,(H,18,19). The third-order valence-corrected chi connectivity index (χ3v) is 5.42. The van der Waals surface area contributed by atoms with E-state index >= 15 is 0 Å². The van der Waals surface area contributed by atoms with E-state index in [4.69, 9.17) is 0 Å². The molecule has 0 spiro atoms. The number of carbonyl (C=O) groups is 1. The number of benzene rings is 1. The molecule has 1 aromatic carbocycles. The van der Waals surface area contributed by atoms with Gasteiger partial charge in [-0.25, -0.2) is 4.39 Å². The molecule has 0 aromatic heterocycles. The molecule has 1 atom stereocenters. The van der Waals surface area contributed by atoms with Gasteiger partial charge in [0.2, 0.25) is 5.91 Å². The summed E-state index contributed by atoms with van der Waals surface area (Å²) in [5.41, 5.74) is 0.945. The van der Waals surface area contributed by atoms with Crippen molar-refractivity contribution < 1.29 is 9.18 Å². The van der Waals surface area contributed by atoms with Crippen LogP contribution in [-0.2, 0) is 4.79 Å². The Bertz CT molecular complexity index is 499. The molecule has 1 aliphatic carbocycles. The third-order valence-electron chi connectivity index (χ3n) is 4.30. The summed E-state index contributed by atoms with van der Waals surface area (Å²) in [4.78, 5) is 13.3. The highest BCUT2D eigenvalue weighted by Crippen LogP contribution is 2.36. The minimum atomic E-state index is -0.221. The number of thioether (sulfide) groups is 1. The Morgan fingerprint density at radius 3 is 2.90 bits per heavy atom. The maximum atomic E-state index is 13.4. The van der Waals surface area contributed by atoms with Crippen LogP contribution in [0, 0.1) is 11.7 Å². The molecule has 0 radical (unpaired) electrons. The number of carbonyl (C=O) groups excluding carboxylic acids is 1. The van der Waals surface area contributed by atoms with E-state index in [0.29, 0.717) is 12.3 Å². The predicted molar refractivity (Wildman–Crippen MR) is 79.2 cm³/mol. The van der Waals surface area contributed by atoms with Crippen LogP contribution in [0.4, 0.5) is 4.39 Å². The zero-order valence-corrected chi connectivity index (χ0v) is 12.3. The van der Waals surface area contributed by atoms with E-state index in [1.807, 2.05) is 6.07 Å². The van der Waals surface area contributed by atoms with Gasteiger partial charge in [0.25, 0.3) is 0 Å². The number of hydrogen-bond donors (Lipinski definition) is 1. The van der Waals surface area contributed by atoms with Crippen LogP contribution in [0.25, 0.3) is 0 Å². The molecular formula is C16H20FNOS. The van der Waals surface area contributed by atoms with Gasteiger partial charge in [-0.15, -0.1) is 11.8 Å². The summed E-state index contributed by atoms with van der Waals surface area (Å²) in [5, 5.41) is 3.11. The molecule has 108 valence electrons. The van der Waals surface area contributed by atoms with E-state index in [1.165, 1.54) is 31.7 Å². The summed E-state index contributed by atoms with van der Waals surface area (Å²) in [5.74, 6) is 1.44. The number of rotatable bonds is 3. The van der Waals surface area contributed by atoms with Crippen molar-refractivity contribution in [3.63, 3.8) is 0 Å². The highest BCUT2D eigenvalue weighted by Gasteiger charge is 2.24. The number of hydrogen-bond acceptors (Lipinski definition) is 2. The fourth-order valence-electron chi connectivity index (χ4n) is 3.25. The van der Waals surface area contributed by atoms with Crippen molar-refractivity contribution >= 4 is 17.7 Å². The first kappa shape index (κ1) is 13.9. The molecule has 3 rings (SSSR count). The summed E-state index contributed by atoms with van der Waals surface area (Å²) in [6.45, 7) is 0. The van der Waals surface area contributed by atoms with Crippen LogP contribution in [0.15, 0.2) is 23.1 Å². The Hall–Kier alpha value is -1.03. The zero-order chi connectivity index (χ0) is 13.9. The number of fused-ring (bicyclic) bond motifs is 1. The second kappa shape index (κ2) is 6.17. The van der Waals surface area contributed by atoms with E-state index in [1.54, 1.807) is 17.8 Å². The lowest BCUT2D eigenvalue weighted by Gasteiger charge is -2.26. The molecule has 0 saturated heterocycles. The van der Waals surface area contributed by atoms with Crippen LogP contribution < -0.4 is 5.32 Å². The normalized spacial score (nSPS) is 22.6. The quantitative estimate of drug-likeness (QED) is 0.910. The molecule has 1 N–H and O–H groups in total. The van der Waals surface area contributed by atoms with E-state index in [0.717, 1.165) is 22.6 Å². The van der Waals surface area contributed by atoms with Crippen molar-refractivity contribution in [1.82, 2.24) is 5.32 Å². The van der Waals surface area contributed by atoms with Crippen LogP contribution >= 0.6 is 11.8 Å². The fourth-order valence-corrected chi connectivity index (χ4v) is 4.35. The highest BCUT2D eigenvalue weighted by atomic mass is 32.2. The Balaban J connectivity index is 1.66. The van der Waals surface area contributed by atoms with Gasteiger partial charge < -0.3 is 5.32 Å². The topological polar surface area (TPSA) is 29.1 Å². The fraction of sp³-hybridized carbons (Fsp3) is 0.562. The van der Waals surface area contributed by atoms with Crippen LogP contribution in [0.1, 0.15) is 50.1 Å². The van der Waals surface area contributed by atoms with E-state index in [9.17, 15) is 9.18 Å². The number of halogens is 1. The summed E-state index contributed by atoms with van der Waals surface area (Å²) in [7, 11) is 0. The first-order chi connectivity index (χ1) is 9.72. The molecule has 1 aromatic rings. The summed E-state index contributed by atoms with van der Waals surface area (Å²) < 4.78 is 13.4. The first-order valence-corrected chi connectivity index (χ1v) is 8.42. The van der Waals surface area contributed by atoms with Gasteiger partial charge in [0.05, 0.1) is 6.04 Å². The Morgan fingerprint density at radius 2 is 2.10 bits per heavy atom. The van der Waals surface area contributed by atoms with Gasteiger partial charge in [0.15, 0.2) is 0 Å². The Morgan fingerprint density at radius 1 is 1.30 bits per heavy atom. The van der Waals surface area contributed by atoms with E-state index < -0.39 is 0 Å². The molecule has 1 fully saturated rings. The van der Waals surface area contributed by atoms with E-state index in [2.05, 4.69) is 5.32 Å². The van der Waals surface area contributed by atoms with Gasteiger partial charge >= 0.3 is 0 Å². The summed E-state index contributed by atoms with van der Waals surface area (Å²) >= 11 is 1.74. The second-order valence-electron chi connectivity index (χ2n) is 5.79. The molecule has 1 amide bonds. The average Bonchev–Trinajstić information content (AvgIpc) is 2.92. The molecule has 1 saturated carbocycles. The van der Waals surface area contributed by atoms with Gasteiger partial charge in [0, 0.05) is 17.1 Å². The van der Waals surface area contributed by atoms with Crippen molar-refractivity contribution in [3.05, 3.63) is 29.6 Å². The third kappa shape index (κ3) is 3.17. The second-order valence-corrected chi connectivity index (χ2v) is 6.93. The Kier molecular flexibility index (Phi) is 4.29. The van der Waals surface area contributed by atoms with Crippen LogP contribution in [-0.4, -0.2) is 11.7 Å². The van der Waals surface area contributed by atoms with Crippen LogP contribution in [0.3, 0.4) is 0 Å². The molecule has 0 bridgehead atoms. The van der Waals surface area contributed by atoms with Crippen LogP contribution in [0.2, 0.25) is 0 Å². The molecule has 1 aliphatic heterocycles. The lowest BCUT2D eigenvalue weighted by atomic mass is 10.0. The van der Waals surface area contributed by atoms with Gasteiger partial charge in [-0.05, 0) is 48.9 Å². The van der Waals surface area contributed by atoms with Gasteiger partial charge in [-0.1, -0.05) is 12.8 Å². The lowest BCUT2D eigenvalue weighted by Crippen LogP contribution is -2.31. The smallest absolute Gasteiger partial charge is 0.220 e. The molecule has 2 aliphatic rings. The van der Waals surface area contributed by atoms with Crippen molar-refractivity contribution in [3.8, 4) is 0 Å². The molecule has 1 unspecified atom stereocenters. The predicted octanol–water partition coefficient (Wildman–Crippen LogP) is 4.06. The monoisotopic (exact) mass is 293 g/mol. The van der Waals surface area contributed by atoms with Crippen molar-refractivity contribution in [2.24, 2.45) is 5.92 Å². The van der Waals surface area contributed by atoms with Gasteiger partial charge in [-0.3, -0.25) is 4.79 Å². The average molecular weight is 293 g/mol. The molecule has 2 nitrogen and oxygen atoms in total. The minimum Gasteiger partial charge on any atom is -0.349 e. The summed E-state index contributed by atoms with van der Waals surface area (Å²) in [6, 6.07) is 4.87. The molecule has 4 heteroatoms. The first-order valence-electron chi connectivity index (χ1n) is 7.44. The minimum absolute atomic E-state index is 0.0177. The largest absolute Gasteiger partial charge is 0.349 e. The van der Waals surface area contributed by atoms with Crippen molar-refractivity contribution in [1.29, 1.82) is 0 Å². The molecule has 1 heterocycles. The maximum absolute atomic E-state index is 13.4. The number of nitrogens with one attached hydrogen (secondary N) is 1.